The lowest BCUT2D eigenvalue weighted by Crippen LogP contribution is -2.51. The van der Waals surface area contributed by atoms with E-state index in [0.29, 0.717) is 11.9 Å². The quantitative estimate of drug-likeness (QED) is 0.763. The largest absolute Gasteiger partial charge is 0.383 e. The molecule has 1 atom stereocenters. The lowest BCUT2D eigenvalue weighted by Gasteiger charge is -2.37. The molecule has 118 valence electrons. The highest BCUT2D eigenvalue weighted by atomic mass is 127. The molecule has 1 saturated heterocycles. The summed E-state index contributed by atoms with van der Waals surface area (Å²) < 4.78 is 0.984. The minimum atomic E-state index is -0.0163. The van der Waals surface area contributed by atoms with Crippen LogP contribution in [0.5, 0.6) is 0 Å². The van der Waals surface area contributed by atoms with Gasteiger partial charge in [0.25, 0.3) is 0 Å². The van der Waals surface area contributed by atoms with E-state index in [1.165, 1.54) is 0 Å². The minimum absolute atomic E-state index is 0.0163. The lowest BCUT2D eigenvalue weighted by molar-refractivity contribution is 0.113. The Balaban J connectivity index is 2.26. The maximum atomic E-state index is 6.10. The average Bonchev–Trinajstić information content (AvgIpc) is 2.36. The van der Waals surface area contributed by atoms with Gasteiger partial charge in [0, 0.05) is 37.5 Å². The molecule has 2 rings (SSSR count). The Morgan fingerprint density at radius 3 is 2.52 bits per heavy atom. The zero-order valence-corrected chi connectivity index (χ0v) is 15.8. The van der Waals surface area contributed by atoms with Crippen LogP contribution < -0.4 is 5.73 Å². The summed E-state index contributed by atoms with van der Waals surface area (Å²) in [6, 6.07) is 0.455. The van der Waals surface area contributed by atoms with E-state index >= 15 is 0 Å². The summed E-state index contributed by atoms with van der Waals surface area (Å²) >= 11 is 2.26. The Labute approximate surface area is 141 Å². The van der Waals surface area contributed by atoms with Crippen molar-refractivity contribution >= 4 is 28.4 Å². The Hall–Kier alpha value is -0.470. The number of piperazine rings is 1. The molecule has 1 fully saturated rings. The van der Waals surface area contributed by atoms with Crippen molar-refractivity contribution in [3.63, 3.8) is 0 Å². The summed E-state index contributed by atoms with van der Waals surface area (Å²) in [5.74, 6) is 1.47. The third kappa shape index (κ3) is 4.04. The summed E-state index contributed by atoms with van der Waals surface area (Å²) in [7, 11) is 4.35. The maximum Gasteiger partial charge on any atom is 0.140 e. The fourth-order valence-electron chi connectivity index (χ4n) is 2.63. The molecular formula is C15H26IN5. The Morgan fingerprint density at radius 1 is 1.24 bits per heavy atom. The number of nitrogen functional groups attached to an aromatic ring is 1. The van der Waals surface area contributed by atoms with Gasteiger partial charge in [0.2, 0.25) is 0 Å². The molecule has 1 aliphatic heterocycles. The molecule has 0 aromatic carbocycles. The van der Waals surface area contributed by atoms with Gasteiger partial charge in [-0.25, -0.2) is 9.97 Å². The standard InChI is InChI=1S/C15H26IN5/c1-15(2,3)13-12(16)14(17)19-11(18-13)8-10-9-20(4)6-7-21(10)5/h10H,6-9H2,1-5H3,(H2,17,18,19). The highest BCUT2D eigenvalue weighted by Gasteiger charge is 2.26. The van der Waals surface area contributed by atoms with Crippen LogP contribution in [0.15, 0.2) is 0 Å². The molecule has 0 spiro atoms. The predicted octanol–water partition coefficient (Wildman–Crippen LogP) is 1.75. The highest BCUT2D eigenvalue weighted by molar-refractivity contribution is 14.1. The molecule has 2 N–H and O–H groups in total. The summed E-state index contributed by atoms with van der Waals surface area (Å²) in [6.07, 6.45) is 0.852. The van der Waals surface area contributed by atoms with E-state index in [9.17, 15) is 0 Å². The number of halogens is 1. The van der Waals surface area contributed by atoms with E-state index in [1.807, 2.05) is 0 Å². The molecule has 6 heteroatoms. The number of rotatable bonds is 2. The normalized spacial score (nSPS) is 21.7. The van der Waals surface area contributed by atoms with Crippen molar-refractivity contribution in [1.82, 2.24) is 19.8 Å². The van der Waals surface area contributed by atoms with Crippen molar-refractivity contribution in [3.8, 4) is 0 Å². The van der Waals surface area contributed by atoms with Crippen molar-refractivity contribution in [1.29, 1.82) is 0 Å². The number of aromatic nitrogens is 2. The molecule has 0 radical (unpaired) electrons. The SMILES string of the molecule is CN1CCN(C)C(Cc2nc(N)c(I)c(C(C)(C)C)n2)C1. The average molecular weight is 403 g/mol. The van der Waals surface area contributed by atoms with Crippen LogP contribution in [0, 0.1) is 3.57 Å². The number of hydrogen-bond donors (Lipinski definition) is 1. The third-order valence-electron chi connectivity index (χ3n) is 4.03. The molecule has 0 bridgehead atoms. The fourth-order valence-corrected chi connectivity index (χ4v) is 3.68. The second-order valence-electron chi connectivity index (χ2n) is 7.04. The molecule has 0 saturated carbocycles. The first-order valence-electron chi connectivity index (χ1n) is 7.39. The van der Waals surface area contributed by atoms with Crippen LogP contribution in [-0.2, 0) is 11.8 Å². The van der Waals surface area contributed by atoms with Crippen LogP contribution in [0.1, 0.15) is 32.3 Å². The lowest BCUT2D eigenvalue weighted by atomic mass is 9.91. The number of likely N-dealkylation sites (N-methyl/N-ethyl adjacent to an activating group) is 2. The molecule has 0 aliphatic carbocycles. The first-order valence-corrected chi connectivity index (χ1v) is 8.47. The molecule has 2 heterocycles. The van der Waals surface area contributed by atoms with Gasteiger partial charge < -0.3 is 15.5 Å². The van der Waals surface area contributed by atoms with Crippen LogP contribution in [0.25, 0.3) is 0 Å². The Bertz CT molecular complexity index is 512. The van der Waals surface area contributed by atoms with Gasteiger partial charge in [-0.15, -0.1) is 0 Å². The van der Waals surface area contributed by atoms with Crippen LogP contribution >= 0.6 is 22.6 Å². The van der Waals surface area contributed by atoms with E-state index in [1.54, 1.807) is 0 Å². The van der Waals surface area contributed by atoms with Crippen molar-refractivity contribution in [2.24, 2.45) is 0 Å². The van der Waals surface area contributed by atoms with Crippen LogP contribution in [-0.4, -0.2) is 59.5 Å². The molecule has 0 amide bonds. The first kappa shape index (κ1) is 16.9. The van der Waals surface area contributed by atoms with Crippen molar-refractivity contribution in [3.05, 3.63) is 15.1 Å². The van der Waals surface area contributed by atoms with Gasteiger partial charge >= 0.3 is 0 Å². The van der Waals surface area contributed by atoms with Crippen LogP contribution in [0.2, 0.25) is 0 Å². The zero-order valence-electron chi connectivity index (χ0n) is 13.6. The van der Waals surface area contributed by atoms with E-state index in [0.717, 1.165) is 41.1 Å². The predicted molar refractivity (Wildman–Crippen MR) is 95.5 cm³/mol. The summed E-state index contributed by atoms with van der Waals surface area (Å²) in [6.45, 7) is 9.77. The van der Waals surface area contributed by atoms with Crippen LogP contribution in [0.4, 0.5) is 5.82 Å². The van der Waals surface area contributed by atoms with E-state index in [2.05, 4.69) is 72.2 Å². The molecule has 1 unspecified atom stereocenters. The van der Waals surface area contributed by atoms with Gasteiger partial charge in [-0.05, 0) is 36.7 Å². The van der Waals surface area contributed by atoms with Crippen molar-refractivity contribution in [2.75, 3.05) is 39.5 Å². The van der Waals surface area contributed by atoms with E-state index in [4.69, 9.17) is 10.7 Å². The van der Waals surface area contributed by atoms with Gasteiger partial charge in [0.05, 0.1) is 9.26 Å². The Kier molecular flexibility index (Phi) is 5.10. The summed E-state index contributed by atoms with van der Waals surface area (Å²) in [5.41, 5.74) is 7.14. The second-order valence-corrected chi connectivity index (χ2v) is 8.12. The number of anilines is 1. The molecule has 1 aliphatic rings. The number of hydrogen-bond acceptors (Lipinski definition) is 5. The molecule has 1 aromatic heterocycles. The minimum Gasteiger partial charge on any atom is -0.383 e. The number of nitrogens with zero attached hydrogens (tertiary/aromatic N) is 4. The molecule has 21 heavy (non-hydrogen) atoms. The molecule has 5 nitrogen and oxygen atoms in total. The molecular weight excluding hydrogens is 377 g/mol. The Morgan fingerprint density at radius 2 is 1.90 bits per heavy atom. The van der Waals surface area contributed by atoms with Gasteiger partial charge in [-0.3, -0.25) is 0 Å². The van der Waals surface area contributed by atoms with Gasteiger partial charge in [0.1, 0.15) is 11.6 Å². The van der Waals surface area contributed by atoms with Gasteiger partial charge in [0.15, 0.2) is 0 Å². The topological polar surface area (TPSA) is 58.3 Å². The van der Waals surface area contributed by atoms with Gasteiger partial charge in [-0.1, -0.05) is 20.8 Å². The first-order chi connectivity index (χ1) is 9.68. The van der Waals surface area contributed by atoms with Crippen LogP contribution in [0.3, 0.4) is 0 Å². The smallest absolute Gasteiger partial charge is 0.140 e. The monoisotopic (exact) mass is 403 g/mol. The van der Waals surface area contributed by atoms with Crippen molar-refractivity contribution < 1.29 is 0 Å². The molecule has 1 aromatic rings. The highest BCUT2D eigenvalue weighted by Crippen LogP contribution is 2.28. The summed E-state index contributed by atoms with van der Waals surface area (Å²) in [5, 5.41) is 0. The third-order valence-corrected chi connectivity index (χ3v) is 5.10. The van der Waals surface area contributed by atoms with E-state index < -0.39 is 0 Å². The summed E-state index contributed by atoms with van der Waals surface area (Å²) in [4.78, 5) is 14.1. The maximum absolute atomic E-state index is 6.10. The van der Waals surface area contributed by atoms with Crippen molar-refractivity contribution in [2.45, 2.75) is 38.6 Å². The fraction of sp³-hybridized carbons (Fsp3) is 0.733. The second kappa shape index (κ2) is 6.34. The zero-order chi connectivity index (χ0) is 15.8. The van der Waals surface area contributed by atoms with E-state index in [-0.39, 0.29) is 5.41 Å². The number of nitrogens with two attached hydrogens (primary N) is 1. The van der Waals surface area contributed by atoms with Gasteiger partial charge in [-0.2, -0.15) is 0 Å².